The van der Waals surface area contributed by atoms with Crippen LogP contribution in [-0.4, -0.2) is 20.5 Å². The zero-order chi connectivity index (χ0) is 14.1. The first kappa shape index (κ1) is 12.2. The maximum absolute atomic E-state index is 11.1. The van der Waals surface area contributed by atoms with E-state index in [1.165, 1.54) is 0 Å². The Labute approximate surface area is 115 Å². The zero-order valence-corrected chi connectivity index (χ0v) is 10.9. The number of benzene rings is 1. The molecular formula is C15H13N3O2. The molecule has 3 aromatic rings. The van der Waals surface area contributed by atoms with E-state index in [4.69, 9.17) is 5.11 Å². The third kappa shape index (κ3) is 2.09. The van der Waals surface area contributed by atoms with Crippen LogP contribution in [0.5, 0.6) is 0 Å². The molecule has 5 heteroatoms. The van der Waals surface area contributed by atoms with Crippen molar-refractivity contribution in [2.24, 2.45) is 0 Å². The predicted molar refractivity (Wildman–Crippen MR) is 76.6 cm³/mol. The highest BCUT2D eigenvalue weighted by Gasteiger charge is 2.14. The number of nitrogens with zero attached hydrogens (tertiary/aromatic N) is 2. The topological polar surface area (TPSA) is 66.6 Å². The second kappa shape index (κ2) is 4.70. The van der Waals surface area contributed by atoms with E-state index >= 15 is 0 Å². The SMILES string of the molecule is Cc1nc(C(=O)O)c2ccc(Nc3ccccc3)cn12. The van der Waals surface area contributed by atoms with Gasteiger partial charge in [0, 0.05) is 11.9 Å². The average Bonchev–Trinajstić information content (AvgIpc) is 2.77. The number of pyridine rings is 1. The minimum absolute atomic E-state index is 0.0776. The lowest BCUT2D eigenvalue weighted by Gasteiger charge is -2.07. The smallest absolute Gasteiger partial charge is 0.356 e. The molecule has 0 amide bonds. The number of para-hydroxylation sites is 1. The summed E-state index contributed by atoms with van der Waals surface area (Å²) in [7, 11) is 0. The normalized spacial score (nSPS) is 10.7. The summed E-state index contributed by atoms with van der Waals surface area (Å²) in [6.07, 6.45) is 1.84. The number of carbonyl (C=O) groups is 1. The Kier molecular flexibility index (Phi) is 2.87. The fourth-order valence-corrected chi connectivity index (χ4v) is 2.15. The van der Waals surface area contributed by atoms with E-state index in [1.807, 2.05) is 42.6 Å². The first-order valence-corrected chi connectivity index (χ1v) is 6.19. The van der Waals surface area contributed by atoms with Crippen LogP contribution in [0.15, 0.2) is 48.7 Å². The molecule has 0 saturated carbocycles. The summed E-state index contributed by atoms with van der Waals surface area (Å²) in [5.74, 6) is -0.367. The lowest BCUT2D eigenvalue weighted by atomic mass is 10.3. The standard InChI is InChI=1S/C15H13N3O2/c1-10-16-14(15(19)20)13-8-7-12(9-18(10)13)17-11-5-3-2-4-6-11/h2-9,17H,1H3,(H,19,20). The molecule has 2 N–H and O–H groups in total. The van der Waals surface area contributed by atoms with Crippen LogP contribution in [-0.2, 0) is 0 Å². The Morgan fingerprint density at radius 1 is 1.15 bits per heavy atom. The number of aryl methyl sites for hydroxylation is 1. The Hall–Kier alpha value is -2.82. The van der Waals surface area contributed by atoms with Crippen LogP contribution in [0, 0.1) is 6.92 Å². The zero-order valence-electron chi connectivity index (χ0n) is 10.9. The first-order valence-electron chi connectivity index (χ1n) is 6.19. The van der Waals surface area contributed by atoms with E-state index in [9.17, 15) is 4.79 Å². The van der Waals surface area contributed by atoms with Gasteiger partial charge in [-0.05, 0) is 31.2 Å². The van der Waals surface area contributed by atoms with Crippen LogP contribution in [0.2, 0.25) is 0 Å². The summed E-state index contributed by atoms with van der Waals surface area (Å²) in [6, 6.07) is 13.4. The highest BCUT2D eigenvalue weighted by atomic mass is 16.4. The number of aromatic nitrogens is 2. The second-order valence-corrected chi connectivity index (χ2v) is 4.48. The summed E-state index contributed by atoms with van der Waals surface area (Å²) in [5, 5.41) is 12.4. The highest BCUT2D eigenvalue weighted by molar-refractivity contribution is 5.94. The van der Waals surface area contributed by atoms with Crippen LogP contribution in [0.25, 0.3) is 5.52 Å². The molecule has 0 saturated heterocycles. The molecule has 0 aliphatic carbocycles. The van der Waals surface area contributed by atoms with E-state index in [2.05, 4.69) is 10.3 Å². The van der Waals surface area contributed by atoms with Crippen LogP contribution < -0.4 is 5.32 Å². The molecule has 0 bridgehead atoms. The number of anilines is 2. The Morgan fingerprint density at radius 2 is 1.90 bits per heavy atom. The summed E-state index contributed by atoms with van der Waals surface area (Å²) < 4.78 is 1.77. The van der Waals surface area contributed by atoms with Gasteiger partial charge in [-0.3, -0.25) is 0 Å². The van der Waals surface area contributed by atoms with Crippen LogP contribution in [0.1, 0.15) is 16.3 Å². The van der Waals surface area contributed by atoms with Gasteiger partial charge in [-0.25, -0.2) is 9.78 Å². The largest absolute Gasteiger partial charge is 0.476 e. The summed E-state index contributed by atoms with van der Waals surface area (Å²) in [6.45, 7) is 1.78. The van der Waals surface area contributed by atoms with Crippen molar-refractivity contribution >= 4 is 22.9 Å². The van der Waals surface area contributed by atoms with Gasteiger partial charge in [-0.2, -0.15) is 0 Å². The number of nitrogens with one attached hydrogen (secondary N) is 1. The van der Waals surface area contributed by atoms with Gasteiger partial charge in [-0.15, -0.1) is 0 Å². The maximum Gasteiger partial charge on any atom is 0.356 e. The second-order valence-electron chi connectivity index (χ2n) is 4.48. The van der Waals surface area contributed by atoms with Crippen molar-refractivity contribution in [3.05, 3.63) is 60.2 Å². The number of carboxylic acid groups (broad SMARTS) is 1. The molecule has 100 valence electrons. The highest BCUT2D eigenvalue weighted by Crippen LogP contribution is 2.20. The molecule has 0 spiro atoms. The molecule has 0 aliphatic heterocycles. The number of imidazole rings is 1. The first-order chi connectivity index (χ1) is 9.65. The van der Waals surface area contributed by atoms with Crippen molar-refractivity contribution in [3.8, 4) is 0 Å². The van der Waals surface area contributed by atoms with Crippen molar-refractivity contribution in [2.45, 2.75) is 6.92 Å². The minimum Gasteiger partial charge on any atom is -0.476 e. The summed E-state index contributed by atoms with van der Waals surface area (Å²) in [5.41, 5.74) is 2.52. The number of hydrogen-bond donors (Lipinski definition) is 2. The molecule has 20 heavy (non-hydrogen) atoms. The molecule has 5 nitrogen and oxygen atoms in total. The van der Waals surface area contributed by atoms with Gasteiger partial charge >= 0.3 is 5.97 Å². The van der Waals surface area contributed by atoms with Gasteiger partial charge in [0.25, 0.3) is 0 Å². The Balaban J connectivity index is 2.03. The molecule has 2 aromatic heterocycles. The van der Waals surface area contributed by atoms with Gasteiger partial charge in [-0.1, -0.05) is 18.2 Å². The molecule has 0 atom stereocenters. The van der Waals surface area contributed by atoms with E-state index in [-0.39, 0.29) is 5.69 Å². The van der Waals surface area contributed by atoms with Crippen LogP contribution in [0.3, 0.4) is 0 Å². The summed E-state index contributed by atoms with van der Waals surface area (Å²) >= 11 is 0. The van der Waals surface area contributed by atoms with Crippen molar-refractivity contribution < 1.29 is 9.90 Å². The molecule has 0 fully saturated rings. The van der Waals surface area contributed by atoms with Crippen LogP contribution >= 0.6 is 0 Å². The van der Waals surface area contributed by atoms with Crippen molar-refractivity contribution in [1.82, 2.24) is 9.38 Å². The van der Waals surface area contributed by atoms with Crippen LogP contribution in [0.4, 0.5) is 11.4 Å². The van der Waals surface area contributed by atoms with E-state index in [0.29, 0.717) is 11.3 Å². The summed E-state index contributed by atoms with van der Waals surface area (Å²) in [4.78, 5) is 15.2. The molecule has 0 aliphatic rings. The fourth-order valence-electron chi connectivity index (χ4n) is 2.15. The Bertz CT molecular complexity index is 778. The van der Waals surface area contributed by atoms with Gasteiger partial charge in [0.05, 0.1) is 11.2 Å². The quantitative estimate of drug-likeness (QED) is 0.765. The number of aromatic carboxylic acids is 1. The third-order valence-corrected chi connectivity index (χ3v) is 3.08. The lowest BCUT2D eigenvalue weighted by molar-refractivity contribution is 0.0693. The molecule has 3 rings (SSSR count). The van der Waals surface area contributed by atoms with E-state index in [1.54, 1.807) is 17.4 Å². The maximum atomic E-state index is 11.1. The lowest BCUT2D eigenvalue weighted by Crippen LogP contribution is -1.98. The third-order valence-electron chi connectivity index (χ3n) is 3.08. The monoisotopic (exact) mass is 267 g/mol. The van der Waals surface area contributed by atoms with E-state index in [0.717, 1.165) is 11.4 Å². The predicted octanol–water partition coefficient (Wildman–Crippen LogP) is 3.08. The van der Waals surface area contributed by atoms with Crippen molar-refractivity contribution in [3.63, 3.8) is 0 Å². The minimum atomic E-state index is -1.01. The number of hydrogen-bond acceptors (Lipinski definition) is 3. The number of fused-ring (bicyclic) bond motifs is 1. The fraction of sp³-hybridized carbons (Fsp3) is 0.0667. The van der Waals surface area contributed by atoms with Crippen molar-refractivity contribution in [1.29, 1.82) is 0 Å². The van der Waals surface area contributed by atoms with Gasteiger partial charge in [0.2, 0.25) is 0 Å². The average molecular weight is 267 g/mol. The van der Waals surface area contributed by atoms with Gasteiger partial charge in [0.15, 0.2) is 5.69 Å². The number of rotatable bonds is 3. The van der Waals surface area contributed by atoms with Gasteiger partial charge in [0.1, 0.15) is 5.82 Å². The van der Waals surface area contributed by atoms with E-state index < -0.39 is 5.97 Å². The molecule has 2 heterocycles. The number of carboxylic acids is 1. The molecule has 0 unspecified atom stereocenters. The molecule has 0 radical (unpaired) electrons. The Morgan fingerprint density at radius 3 is 2.60 bits per heavy atom. The molecule has 1 aromatic carbocycles. The van der Waals surface area contributed by atoms with Crippen molar-refractivity contribution in [2.75, 3.05) is 5.32 Å². The molecular weight excluding hydrogens is 254 g/mol. The van der Waals surface area contributed by atoms with Gasteiger partial charge < -0.3 is 14.8 Å².